The summed E-state index contributed by atoms with van der Waals surface area (Å²) in [4.78, 5) is 17.4. The van der Waals surface area contributed by atoms with Crippen molar-refractivity contribution in [1.29, 1.82) is 0 Å². The molecule has 0 aliphatic carbocycles. The first-order valence-electron chi connectivity index (χ1n) is 7.17. The van der Waals surface area contributed by atoms with Crippen LogP contribution < -0.4 is 5.32 Å². The molecule has 2 aromatic carbocycles. The number of fused-ring (bicyclic) bond motifs is 1. The number of aromatic nitrogens is 3. The molecule has 5 nitrogen and oxygen atoms in total. The summed E-state index contributed by atoms with van der Waals surface area (Å²) in [5, 5.41) is 9.16. The minimum atomic E-state index is -0.240. The average Bonchev–Trinajstić information content (AvgIpc) is 3.15. The molecule has 0 saturated carbocycles. The number of amides is 1. The summed E-state index contributed by atoms with van der Waals surface area (Å²) < 4.78 is 2.59. The Balaban J connectivity index is 0.00000182. The Labute approximate surface area is 166 Å². The maximum Gasteiger partial charge on any atom is 0.258 e. The predicted octanol–water partition coefficient (Wildman–Crippen LogP) is 5.05. The molecule has 4 rings (SSSR count). The third-order valence-corrected chi connectivity index (χ3v) is 4.77. The molecule has 2 aromatic heterocycles. The molecule has 8 heteroatoms. The summed E-state index contributed by atoms with van der Waals surface area (Å²) in [6.07, 6.45) is 0. The summed E-state index contributed by atoms with van der Waals surface area (Å²) in [5.74, 6) is 0.0554. The lowest BCUT2D eigenvalue weighted by molar-refractivity contribution is 0.102. The molecular weight excluding hydrogens is 468 g/mol. The van der Waals surface area contributed by atoms with Gasteiger partial charge in [-0.15, -0.1) is 33.4 Å². The minimum Gasteiger partial charge on any atom is -0.289 e. The Bertz CT molecular complexity index is 1030. The summed E-state index contributed by atoms with van der Waals surface area (Å²) in [7, 11) is 0. The van der Waals surface area contributed by atoms with Gasteiger partial charge in [-0.3, -0.25) is 10.1 Å². The highest BCUT2D eigenvalue weighted by atomic mass is 79.9. The van der Waals surface area contributed by atoms with Crippen molar-refractivity contribution in [3.8, 4) is 11.3 Å². The van der Waals surface area contributed by atoms with Crippen LogP contribution in [0.1, 0.15) is 10.4 Å². The van der Waals surface area contributed by atoms with Crippen molar-refractivity contribution in [2.24, 2.45) is 0 Å². The fraction of sp³-hybridized carbons (Fsp3) is 0. The van der Waals surface area contributed by atoms with Crippen LogP contribution in [-0.4, -0.2) is 20.5 Å². The van der Waals surface area contributed by atoms with Crippen molar-refractivity contribution in [3.05, 3.63) is 70.0 Å². The molecule has 0 aliphatic heterocycles. The van der Waals surface area contributed by atoms with Gasteiger partial charge in [0.15, 0.2) is 0 Å². The van der Waals surface area contributed by atoms with Crippen molar-refractivity contribution in [1.82, 2.24) is 14.6 Å². The third-order valence-electron chi connectivity index (χ3n) is 3.46. The fourth-order valence-corrected chi connectivity index (χ4v) is 3.58. The Morgan fingerprint density at radius 3 is 2.68 bits per heavy atom. The predicted molar refractivity (Wildman–Crippen MR) is 109 cm³/mol. The van der Waals surface area contributed by atoms with Crippen LogP contribution in [0.2, 0.25) is 0 Å². The molecule has 0 saturated heterocycles. The van der Waals surface area contributed by atoms with Gasteiger partial charge in [0.1, 0.15) is 0 Å². The number of halogens is 2. The van der Waals surface area contributed by atoms with Gasteiger partial charge in [-0.1, -0.05) is 52.3 Å². The van der Waals surface area contributed by atoms with E-state index in [9.17, 15) is 4.79 Å². The van der Waals surface area contributed by atoms with Crippen LogP contribution >= 0.6 is 44.2 Å². The van der Waals surface area contributed by atoms with Crippen LogP contribution in [0.3, 0.4) is 0 Å². The van der Waals surface area contributed by atoms with E-state index in [4.69, 9.17) is 0 Å². The lowest BCUT2D eigenvalue weighted by Crippen LogP contribution is -2.13. The highest BCUT2D eigenvalue weighted by Gasteiger charge is 2.14. The Morgan fingerprint density at radius 2 is 1.92 bits per heavy atom. The number of hydrogen-bond acceptors (Lipinski definition) is 4. The van der Waals surface area contributed by atoms with Crippen LogP contribution in [-0.2, 0) is 0 Å². The van der Waals surface area contributed by atoms with Crippen molar-refractivity contribution >= 4 is 61.1 Å². The molecule has 0 bridgehead atoms. The Kier molecular flexibility index (Phi) is 5.31. The first-order valence-corrected chi connectivity index (χ1v) is 8.84. The third kappa shape index (κ3) is 3.65. The zero-order valence-electron chi connectivity index (χ0n) is 12.7. The van der Waals surface area contributed by atoms with E-state index in [1.807, 2.05) is 47.8 Å². The van der Waals surface area contributed by atoms with Crippen LogP contribution in [0.15, 0.2) is 64.5 Å². The molecule has 126 valence electrons. The van der Waals surface area contributed by atoms with Crippen LogP contribution in [0.4, 0.5) is 5.95 Å². The van der Waals surface area contributed by atoms with E-state index >= 15 is 0 Å². The summed E-state index contributed by atoms with van der Waals surface area (Å²) in [6.45, 7) is 0. The normalized spacial score (nSPS) is 10.4. The summed E-state index contributed by atoms with van der Waals surface area (Å²) in [5.41, 5.74) is 2.55. The molecule has 0 spiro atoms. The van der Waals surface area contributed by atoms with E-state index in [0.29, 0.717) is 11.5 Å². The number of rotatable bonds is 3. The maximum absolute atomic E-state index is 12.3. The molecule has 0 radical (unpaired) electrons. The summed E-state index contributed by atoms with van der Waals surface area (Å²) >= 11 is 4.85. The van der Waals surface area contributed by atoms with Gasteiger partial charge in [0, 0.05) is 21.0 Å². The van der Waals surface area contributed by atoms with Gasteiger partial charge >= 0.3 is 0 Å². The number of hydrogen-bond donors (Lipinski definition) is 1. The zero-order valence-corrected chi connectivity index (χ0v) is 16.8. The standard InChI is InChI=1S/C17H11BrN4OS.BrH/c18-13-8-4-7-12(9-13)15(23)19-16-20-17-22(21-16)14(10-24-17)11-5-2-1-3-6-11;/h1-10H,(H,19,21,23);1H. The second-order valence-corrected chi connectivity index (χ2v) is 6.83. The first kappa shape index (κ1) is 17.8. The van der Waals surface area contributed by atoms with Crippen molar-refractivity contribution in [3.63, 3.8) is 0 Å². The second kappa shape index (κ2) is 7.47. The maximum atomic E-state index is 12.3. The molecule has 0 unspecified atom stereocenters. The molecule has 1 amide bonds. The Morgan fingerprint density at radius 1 is 1.12 bits per heavy atom. The monoisotopic (exact) mass is 478 g/mol. The molecule has 4 aromatic rings. The lowest BCUT2D eigenvalue weighted by Gasteiger charge is -2.01. The van der Waals surface area contributed by atoms with E-state index in [2.05, 4.69) is 31.3 Å². The Hall–Kier alpha value is -2.03. The highest BCUT2D eigenvalue weighted by Crippen LogP contribution is 2.25. The van der Waals surface area contributed by atoms with E-state index in [0.717, 1.165) is 20.7 Å². The van der Waals surface area contributed by atoms with Crippen LogP contribution in [0, 0.1) is 0 Å². The van der Waals surface area contributed by atoms with Crippen molar-refractivity contribution in [2.45, 2.75) is 0 Å². The topological polar surface area (TPSA) is 59.3 Å². The van der Waals surface area contributed by atoms with Gasteiger partial charge in [0.2, 0.25) is 4.96 Å². The van der Waals surface area contributed by atoms with Crippen molar-refractivity contribution < 1.29 is 4.79 Å². The molecule has 25 heavy (non-hydrogen) atoms. The molecular formula is C17H12Br2N4OS. The average molecular weight is 480 g/mol. The van der Waals surface area contributed by atoms with Gasteiger partial charge in [-0.05, 0) is 18.2 Å². The van der Waals surface area contributed by atoms with Crippen LogP contribution in [0.25, 0.3) is 16.2 Å². The van der Waals surface area contributed by atoms with E-state index in [-0.39, 0.29) is 22.9 Å². The van der Waals surface area contributed by atoms with E-state index < -0.39 is 0 Å². The quantitative estimate of drug-likeness (QED) is 0.447. The molecule has 0 atom stereocenters. The molecule has 1 N–H and O–H groups in total. The zero-order chi connectivity index (χ0) is 16.5. The van der Waals surface area contributed by atoms with Gasteiger partial charge in [0.05, 0.1) is 5.69 Å². The second-order valence-electron chi connectivity index (χ2n) is 5.08. The number of carbonyl (C=O) groups is 1. The number of benzene rings is 2. The number of anilines is 1. The number of thiazole rings is 1. The smallest absolute Gasteiger partial charge is 0.258 e. The molecule has 0 aliphatic rings. The molecule has 0 fully saturated rings. The molecule has 2 heterocycles. The van der Waals surface area contributed by atoms with E-state index in [1.165, 1.54) is 11.3 Å². The van der Waals surface area contributed by atoms with Crippen molar-refractivity contribution in [2.75, 3.05) is 5.32 Å². The number of nitrogens with zero attached hydrogens (tertiary/aromatic N) is 3. The fourth-order valence-electron chi connectivity index (χ4n) is 2.35. The largest absolute Gasteiger partial charge is 0.289 e. The summed E-state index contributed by atoms with van der Waals surface area (Å²) in [6, 6.07) is 17.1. The van der Waals surface area contributed by atoms with Crippen LogP contribution in [0.5, 0.6) is 0 Å². The minimum absolute atomic E-state index is 0. The van der Waals surface area contributed by atoms with Gasteiger partial charge < -0.3 is 0 Å². The van der Waals surface area contributed by atoms with E-state index in [1.54, 1.807) is 16.6 Å². The lowest BCUT2D eigenvalue weighted by atomic mass is 10.2. The van der Waals surface area contributed by atoms with Gasteiger partial charge in [0.25, 0.3) is 11.9 Å². The number of carbonyl (C=O) groups excluding carboxylic acids is 1. The van der Waals surface area contributed by atoms with Gasteiger partial charge in [-0.2, -0.15) is 4.98 Å². The van der Waals surface area contributed by atoms with Gasteiger partial charge in [-0.25, -0.2) is 4.52 Å². The first-order chi connectivity index (χ1) is 11.7. The number of nitrogens with one attached hydrogen (secondary N) is 1. The SMILES string of the molecule is Br.O=C(Nc1nc2scc(-c3ccccc3)n2n1)c1cccc(Br)c1. The highest BCUT2D eigenvalue weighted by molar-refractivity contribution is 9.10.